The number of amides is 1. The van der Waals surface area contributed by atoms with Crippen molar-refractivity contribution in [2.45, 2.75) is 97.6 Å². The number of nitrogens with zero attached hydrogens (tertiary/aromatic N) is 1. The van der Waals surface area contributed by atoms with E-state index in [4.69, 9.17) is 4.74 Å². The molecule has 0 unspecified atom stereocenters. The van der Waals surface area contributed by atoms with Crippen molar-refractivity contribution in [3.63, 3.8) is 0 Å². The Balaban J connectivity index is 1.35. The van der Waals surface area contributed by atoms with Crippen molar-refractivity contribution in [3.8, 4) is 0 Å². The zero-order valence-electron chi connectivity index (χ0n) is 22.4. The highest BCUT2D eigenvalue weighted by atomic mass is 79.9. The lowest BCUT2D eigenvalue weighted by molar-refractivity contribution is -0.148. The molecule has 0 bridgehead atoms. The van der Waals surface area contributed by atoms with Gasteiger partial charge in [-0.2, -0.15) is 0 Å². The molecule has 0 aromatic heterocycles. The van der Waals surface area contributed by atoms with Crippen molar-refractivity contribution >= 4 is 33.5 Å². The lowest BCUT2D eigenvalue weighted by Gasteiger charge is -2.58. The fourth-order valence-corrected chi connectivity index (χ4v) is 10.4. The Morgan fingerprint density at radius 2 is 1.89 bits per heavy atom. The van der Waals surface area contributed by atoms with Gasteiger partial charge in [0.25, 0.3) is 0 Å². The molecule has 4 aliphatic carbocycles. The van der Waals surface area contributed by atoms with E-state index in [1.807, 2.05) is 0 Å². The fraction of sp³-hybridized carbons (Fsp3) is 0.677. The first-order chi connectivity index (χ1) is 17.0. The monoisotopic (exact) mass is 553 g/mol. The minimum absolute atomic E-state index is 0.0457. The van der Waals surface area contributed by atoms with Crippen LogP contribution in [0.5, 0.6) is 0 Å². The van der Waals surface area contributed by atoms with Gasteiger partial charge >= 0.3 is 5.97 Å². The molecule has 0 N–H and O–H groups in total. The number of allylic oxidation sites excluding steroid dienone is 1. The maximum Gasteiger partial charge on any atom is 0.302 e. The van der Waals surface area contributed by atoms with Crippen molar-refractivity contribution in [2.75, 3.05) is 4.90 Å². The van der Waals surface area contributed by atoms with E-state index in [1.165, 1.54) is 30.9 Å². The molecular weight excluding hydrogens is 514 g/mol. The molecule has 36 heavy (non-hydrogen) atoms. The van der Waals surface area contributed by atoms with Gasteiger partial charge in [0, 0.05) is 36.5 Å². The van der Waals surface area contributed by atoms with Gasteiger partial charge in [-0.3, -0.25) is 9.59 Å². The summed E-state index contributed by atoms with van der Waals surface area (Å²) in [5.74, 6) is 2.95. The first-order valence-corrected chi connectivity index (χ1v) is 14.8. The van der Waals surface area contributed by atoms with Gasteiger partial charge in [0.05, 0.1) is 0 Å². The second-order valence-corrected chi connectivity index (χ2v) is 13.9. The molecule has 5 heteroatoms. The predicted octanol–water partition coefficient (Wildman–Crippen LogP) is 7.41. The molecule has 6 rings (SSSR count). The average Bonchev–Trinajstić information content (AvgIpc) is 3.12. The molecule has 0 radical (unpaired) electrons. The Bertz CT molecular complexity index is 1140. The quantitative estimate of drug-likeness (QED) is 0.268. The third-order valence-corrected chi connectivity index (χ3v) is 11.9. The highest BCUT2D eigenvalue weighted by Gasteiger charge is 2.64. The van der Waals surface area contributed by atoms with Gasteiger partial charge in [0.15, 0.2) is 0 Å². The minimum Gasteiger partial charge on any atom is -0.462 e. The SMILES string of the molecule is CC(=O)O[C@H]1CC[C@@]2(C)C(=CC[C@H]3[C@@H]4C[C@H]5[C@H]([C@H](C)c6cc(Br)ccc6N5C(C)=O)[C@@]4(C)CC[C@@H]32)C1. The molecule has 0 saturated heterocycles. The summed E-state index contributed by atoms with van der Waals surface area (Å²) < 4.78 is 6.73. The number of carbonyl (C=O) groups excluding carboxylic acids is 2. The Labute approximate surface area is 224 Å². The number of hydrogen-bond acceptors (Lipinski definition) is 3. The summed E-state index contributed by atoms with van der Waals surface area (Å²) in [4.78, 5) is 26.9. The van der Waals surface area contributed by atoms with Crippen molar-refractivity contribution in [1.29, 1.82) is 0 Å². The first kappa shape index (κ1) is 24.7. The lowest BCUT2D eigenvalue weighted by atomic mass is 9.46. The molecule has 3 saturated carbocycles. The number of rotatable bonds is 1. The van der Waals surface area contributed by atoms with E-state index in [0.717, 1.165) is 42.3 Å². The van der Waals surface area contributed by atoms with Crippen LogP contribution < -0.4 is 4.90 Å². The van der Waals surface area contributed by atoms with Crippen LogP contribution in [0.4, 0.5) is 5.69 Å². The normalized spacial score (nSPS) is 42.8. The number of esters is 1. The number of hydrogen-bond donors (Lipinski definition) is 0. The highest BCUT2D eigenvalue weighted by Crippen LogP contribution is 2.69. The molecule has 5 aliphatic rings. The summed E-state index contributed by atoms with van der Waals surface area (Å²) in [6.07, 6.45) is 10.3. The van der Waals surface area contributed by atoms with E-state index in [-0.39, 0.29) is 34.9 Å². The Kier molecular flexibility index (Phi) is 5.79. The smallest absolute Gasteiger partial charge is 0.302 e. The van der Waals surface area contributed by atoms with Crippen LogP contribution >= 0.6 is 15.9 Å². The van der Waals surface area contributed by atoms with Gasteiger partial charge in [-0.05, 0) is 103 Å². The number of halogens is 1. The van der Waals surface area contributed by atoms with Gasteiger partial charge in [-0.25, -0.2) is 0 Å². The van der Waals surface area contributed by atoms with Crippen LogP contribution in [-0.2, 0) is 14.3 Å². The number of fused-ring (bicyclic) bond motifs is 8. The van der Waals surface area contributed by atoms with Gasteiger partial charge in [-0.15, -0.1) is 0 Å². The zero-order valence-corrected chi connectivity index (χ0v) is 23.9. The van der Waals surface area contributed by atoms with Gasteiger partial charge in [0.1, 0.15) is 6.10 Å². The summed E-state index contributed by atoms with van der Waals surface area (Å²) in [6.45, 7) is 10.8. The summed E-state index contributed by atoms with van der Waals surface area (Å²) in [5.41, 5.74) is 4.45. The van der Waals surface area contributed by atoms with Crippen LogP contribution in [0.25, 0.3) is 0 Å². The number of carbonyl (C=O) groups is 2. The second-order valence-electron chi connectivity index (χ2n) is 13.0. The molecule has 1 amide bonds. The van der Waals surface area contributed by atoms with E-state index < -0.39 is 0 Å². The molecule has 4 nitrogen and oxygen atoms in total. The standard InChI is InChI=1S/C31H40BrNO3/c1-17-24-15-21(32)7-9-27(24)33(18(2)34)28-16-26-23-8-6-20-14-22(36-19(3)35)10-12-30(20,4)25(23)11-13-31(26,5)29(17)28/h6-7,9,15,17,22-23,25-26,28-29H,8,10-14,16H2,1-5H3/t17-,22+,23-,25+,26+,28+,29+,30+,31+/m1/s1. The second kappa shape index (κ2) is 8.44. The zero-order chi connectivity index (χ0) is 25.6. The molecular formula is C31H40BrNO3. The third-order valence-electron chi connectivity index (χ3n) is 11.4. The average molecular weight is 555 g/mol. The molecule has 1 heterocycles. The van der Waals surface area contributed by atoms with Crippen molar-refractivity contribution < 1.29 is 14.3 Å². The molecule has 0 spiro atoms. The van der Waals surface area contributed by atoms with Gasteiger partial charge in [0.2, 0.25) is 5.91 Å². The van der Waals surface area contributed by atoms with Crippen LogP contribution in [0.1, 0.15) is 91.0 Å². The Hall–Kier alpha value is -1.62. The van der Waals surface area contributed by atoms with Crippen molar-refractivity contribution in [1.82, 2.24) is 0 Å². The molecule has 1 aliphatic heterocycles. The van der Waals surface area contributed by atoms with E-state index in [9.17, 15) is 9.59 Å². The van der Waals surface area contributed by atoms with E-state index in [0.29, 0.717) is 29.6 Å². The summed E-state index contributed by atoms with van der Waals surface area (Å²) in [5, 5.41) is 0. The van der Waals surface area contributed by atoms with Crippen molar-refractivity contribution in [2.24, 2.45) is 34.5 Å². The lowest BCUT2D eigenvalue weighted by Crippen LogP contribution is -2.52. The fourth-order valence-electron chi connectivity index (χ4n) is 10.1. The van der Waals surface area contributed by atoms with Crippen LogP contribution in [-0.4, -0.2) is 24.0 Å². The van der Waals surface area contributed by atoms with E-state index in [2.05, 4.69) is 65.9 Å². The Morgan fingerprint density at radius 3 is 2.61 bits per heavy atom. The van der Waals surface area contributed by atoms with Crippen molar-refractivity contribution in [3.05, 3.63) is 39.9 Å². The van der Waals surface area contributed by atoms with Crippen LogP contribution in [0.3, 0.4) is 0 Å². The molecule has 194 valence electrons. The summed E-state index contributed by atoms with van der Waals surface area (Å²) >= 11 is 3.69. The van der Waals surface area contributed by atoms with E-state index >= 15 is 0 Å². The van der Waals surface area contributed by atoms with E-state index in [1.54, 1.807) is 6.92 Å². The molecule has 9 atom stereocenters. The molecule has 1 aromatic rings. The van der Waals surface area contributed by atoms with Crippen LogP contribution in [0, 0.1) is 34.5 Å². The maximum atomic E-state index is 13.1. The van der Waals surface area contributed by atoms with Gasteiger partial charge in [-0.1, -0.05) is 48.4 Å². The predicted molar refractivity (Wildman–Crippen MR) is 146 cm³/mol. The highest BCUT2D eigenvalue weighted by molar-refractivity contribution is 9.10. The topological polar surface area (TPSA) is 46.6 Å². The van der Waals surface area contributed by atoms with Crippen LogP contribution in [0.15, 0.2) is 34.3 Å². The van der Waals surface area contributed by atoms with Crippen LogP contribution in [0.2, 0.25) is 0 Å². The Morgan fingerprint density at radius 1 is 1.11 bits per heavy atom. The number of anilines is 1. The maximum absolute atomic E-state index is 13.1. The molecule has 3 fully saturated rings. The third kappa shape index (κ3) is 3.43. The minimum atomic E-state index is -0.156. The summed E-state index contributed by atoms with van der Waals surface area (Å²) in [7, 11) is 0. The first-order valence-electron chi connectivity index (χ1n) is 14.0. The number of ether oxygens (including phenoxy) is 1. The number of benzene rings is 1. The van der Waals surface area contributed by atoms with Gasteiger partial charge < -0.3 is 9.64 Å². The largest absolute Gasteiger partial charge is 0.462 e. The molecule has 1 aromatic carbocycles. The summed E-state index contributed by atoms with van der Waals surface area (Å²) in [6, 6.07) is 6.78.